The number of hydrogen-bond acceptors (Lipinski definition) is 5. The molecular formula is C17H22N4O3S. The zero-order valence-electron chi connectivity index (χ0n) is 14.4. The Kier molecular flexibility index (Phi) is 5.17. The van der Waals surface area contributed by atoms with Crippen LogP contribution in [0.15, 0.2) is 4.79 Å². The Labute approximate surface area is 149 Å². The standard InChI is InChI=1S/C17H22N4O3S/c1-9-10(2)25-17-14(9)16(24)20-12(21-17)6-7-13(22)19-11-5-3-4-8-18-15(11)23/h11H,3-8H2,1-2H3,(H,18,23)(H,19,22)(H,20,21,24). The molecule has 1 aliphatic rings. The van der Waals surface area contributed by atoms with E-state index >= 15 is 0 Å². The number of H-pyrrole nitrogens is 1. The summed E-state index contributed by atoms with van der Waals surface area (Å²) in [5.74, 6) is 0.172. The minimum Gasteiger partial charge on any atom is -0.354 e. The van der Waals surface area contributed by atoms with Gasteiger partial charge < -0.3 is 15.6 Å². The molecule has 0 radical (unpaired) electrons. The number of nitrogens with one attached hydrogen (secondary N) is 3. The summed E-state index contributed by atoms with van der Waals surface area (Å²) in [6.45, 7) is 4.54. The van der Waals surface area contributed by atoms with Crippen molar-refractivity contribution in [2.75, 3.05) is 6.54 Å². The Bertz CT molecular complexity index is 871. The Morgan fingerprint density at radius 3 is 2.92 bits per heavy atom. The van der Waals surface area contributed by atoms with E-state index < -0.39 is 6.04 Å². The van der Waals surface area contributed by atoms with Gasteiger partial charge in [-0.2, -0.15) is 0 Å². The number of thiophene rings is 1. The molecule has 3 N–H and O–H groups in total. The molecule has 2 aromatic rings. The summed E-state index contributed by atoms with van der Waals surface area (Å²) in [5.41, 5.74) is 0.794. The lowest BCUT2D eigenvalue weighted by atomic mass is 10.1. The summed E-state index contributed by atoms with van der Waals surface area (Å²) < 4.78 is 0. The van der Waals surface area contributed by atoms with Crippen molar-refractivity contribution < 1.29 is 9.59 Å². The first-order valence-corrected chi connectivity index (χ1v) is 9.33. The van der Waals surface area contributed by atoms with Gasteiger partial charge in [0.15, 0.2) is 0 Å². The van der Waals surface area contributed by atoms with Crippen LogP contribution in [0.2, 0.25) is 0 Å². The van der Waals surface area contributed by atoms with Crippen molar-refractivity contribution in [1.82, 2.24) is 20.6 Å². The topological polar surface area (TPSA) is 104 Å². The van der Waals surface area contributed by atoms with Crippen LogP contribution in [0.3, 0.4) is 0 Å². The first-order chi connectivity index (χ1) is 12.0. The summed E-state index contributed by atoms with van der Waals surface area (Å²) >= 11 is 1.49. The fourth-order valence-corrected chi connectivity index (χ4v) is 4.04. The zero-order chi connectivity index (χ0) is 18.0. The van der Waals surface area contributed by atoms with E-state index in [0.29, 0.717) is 35.4 Å². The van der Waals surface area contributed by atoms with Gasteiger partial charge in [-0.05, 0) is 38.7 Å². The summed E-state index contributed by atoms with van der Waals surface area (Å²) in [5, 5.41) is 6.20. The highest BCUT2D eigenvalue weighted by Crippen LogP contribution is 2.25. The van der Waals surface area contributed by atoms with Crippen LogP contribution in [0, 0.1) is 13.8 Å². The van der Waals surface area contributed by atoms with E-state index in [-0.39, 0.29) is 23.8 Å². The fraction of sp³-hybridized carbons (Fsp3) is 0.529. The fourth-order valence-electron chi connectivity index (χ4n) is 2.99. The second-order valence-electron chi connectivity index (χ2n) is 6.38. The molecule has 25 heavy (non-hydrogen) atoms. The second-order valence-corrected chi connectivity index (χ2v) is 7.59. The zero-order valence-corrected chi connectivity index (χ0v) is 15.2. The number of aromatic nitrogens is 2. The summed E-state index contributed by atoms with van der Waals surface area (Å²) in [6.07, 6.45) is 3.02. The van der Waals surface area contributed by atoms with Crippen molar-refractivity contribution >= 4 is 33.4 Å². The number of nitrogens with zero attached hydrogens (tertiary/aromatic N) is 1. The first-order valence-electron chi connectivity index (χ1n) is 8.51. The van der Waals surface area contributed by atoms with E-state index in [1.807, 2.05) is 13.8 Å². The maximum atomic E-state index is 12.2. The minimum absolute atomic E-state index is 0.122. The molecule has 1 unspecified atom stereocenters. The van der Waals surface area contributed by atoms with Gasteiger partial charge in [-0.15, -0.1) is 11.3 Å². The average molecular weight is 362 g/mol. The van der Waals surface area contributed by atoms with Crippen molar-refractivity contribution in [3.63, 3.8) is 0 Å². The van der Waals surface area contributed by atoms with Crippen LogP contribution in [-0.2, 0) is 16.0 Å². The molecule has 1 fully saturated rings. The largest absolute Gasteiger partial charge is 0.354 e. The van der Waals surface area contributed by atoms with Crippen LogP contribution in [0.5, 0.6) is 0 Å². The van der Waals surface area contributed by atoms with E-state index in [1.54, 1.807) is 0 Å². The average Bonchev–Trinajstić information content (AvgIpc) is 2.72. The molecule has 8 heteroatoms. The Balaban J connectivity index is 1.65. The first kappa shape index (κ1) is 17.6. The number of aromatic amines is 1. The number of amides is 2. The van der Waals surface area contributed by atoms with Crippen LogP contribution < -0.4 is 16.2 Å². The highest BCUT2D eigenvalue weighted by atomic mass is 32.1. The minimum atomic E-state index is -0.466. The van der Waals surface area contributed by atoms with Crippen molar-refractivity contribution in [1.29, 1.82) is 0 Å². The van der Waals surface area contributed by atoms with Crippen LogP contribution in [0.4, 0.5) is 0 Å². The number of rotatable bonds is 4. The highest BCUT2D eigenvalue weighted by Gasteiger charge is 2.22. The normalized spacial score (nSPS) is 18.0. The van der Waals surface area contributed by atoms with Crippen LogP contribution in [0.1, 0.15) is 41.9 Å². The van der Waals surface area contributed by atoms with Gasteiger partial charge in [0.25, 0.3) is 5.56 Å². The molecule has 0 aromatic carbocycles. The number of carbonyl (C=O) groups is 2. The second kappa shape index (κ2) is 7.35. The maximum absolute atomic E-state index is 12.2. The van der Waals surface area contributed by atoms with Gasteiger partial charge in [-0.25, -0.2) is 4.98 Å². The lowest BCUT2D eigenvalue weighted by Gasteiger charge is -2.14. The van der Waals surface area contributed by atoms with E-state index in [2.05, 4.69) is 20.6 Å². The maximum Gasteiger partial charge on any atom is 0.259 e. The molecule has 0 bridgehead atoms. The molecule has 134 valence electrons. The third kappa shape index (κ3) is 3.89. The lowest BCUT2D eigenvalue weighted by Crippen LogP contribution is -2.45. The van der Waals surface area contributed by atoms with Gasteiger partial charge in [0.05, 0.1) is 5.39 Å². The lowest BCUT2D eigenvalue weighted by molar-refractivity contribution is -0.128. The molecule has 2 amide bonds. The molecule has 0 aliphatic carbocycles. The molecule has 3 heterocycles. The van der Waals surface area contributed by atoms with Gasteiger partial charge >= 0.3 is 0 Å². The number of aryl methyl sites for hydroxylation is 3. The van der Waals surface area contributed by atoms with Gasteiger partial charge in [-0.1, -0.05) is 0 Å². The predicted octanol–water partition coefficient (Wildman–Crippen LogP) is 1.32. The molecule has 1 atom stereocenters. The Hall–Kier alpha value is -2.22. The molecule has 0 saturated carbocycles. The van der Waals surface area contributed by atoms with Gasteiger partial charge in [0, 0.05) is 24.3 Å². The molecular weight excluding hydrogens is 340 g/mol. The highest BCUT2D eigenvalue weighted by molar-refractivity contribution is 7.18. The van der Waals surface area contributed by atoms with Gasteiger partial charge in [0.2, 0.25) is 11.8 Å². The quantitative estimate of drug-likeness (QED) is 0.763. The SMILES string of the molecule is Cc1sc2nc(CCC(=O)NC3CCCCNC3=O)[nH]c(=O)c2c1C. The Morgan fingerprint density at radius 2 is 2.12 bits per heavy atom. The van der Waals surface area contributed by atoms with Gasteiger partial charge in [-0.3, -0.25) is 14.4 Å². The van der Waals surface area contributed by atoms with Gasteiger partial charge in [0.1, 0.15) is 16.7 Å². The molecule has 0 spiro atoms. The smallest absolute Gasteiger partial charge is 0.259 e. The predicted molar refractivity (Wildman–Crippen MR) is 96.8 cm³/mol. The number of hydrogen-bond donors (Lipinski definition) is 3. The van der Waals surface area contributed by atoms with Crippen LogP contribution >= 0.6 is 11.3 Å². The number of fused-ring (bicyclic) bond motifs is 1. The third-order valence-corrected chi connectivity index (χ3v) is 5.65. The molecule has 7 nitrogen and oxygen atoms in total. The summed E-state index contributed by atoms with van der Waals surface area (Å²) in [6, 6.07) is -0.466. The van der Waals surface area contributed by atoms with E-state index in [4.69, 9.17) is 0 Å². The van der Waals surface area contributed by atoms with Crippen molar-refractivity contribution in [3.8, 4) is 0 Å². The van der Waals surface area contributed by atoms with E-state index in [1.165, 1.54) is 11.3 Å². The summed E-state index contributed by atoms with van der Waals surface area (Å²) in [7, 11) is 0. The number of carbonyl (C=O) groups excluding carboxylic acids is 2. The van der Waals surface area contributed by atoms with E-state index in [9.17, 15) is 14.4 Å². The monoisotopic (exact) mass is 362 g/mol. The molecule has 1 saturated heterocycles. The van der Waals surface area contributed by atoms with Crippen molar-refractivity contribution in [3.05, 3.63) is 26.6 Å². The van der Waals surface area contributed by atoms with Crippen molar-refractivity contribution in [2.24, 2.45) is 0 Å². The Morgan fingerprint density at radius 1 is 1.32 bits per heavy atom. The van der Waals surface area contributed by atoms with Crippen LogP contribution in [0.25, 0.3) is 10.2 Å². The molecule has 3 rings (SSSR count). The molecule has 2 aromatic heterocycles. The molecule has 1 aliphatic heterocycles. The van der Waals surface area contributed by atoms with E-state index in [0.717, 1.165) is 23.3 Å². The third-order valence-electron chi connectivity index (χ3n) is 4.55. The summed E-state index contributed by atoms with van der Waals surface area (Å²) in [4.78, 5) is 45.3. The van der Waals surface area contributed by atoms with Crippen LogP contribution in [-0.4, -0.2) is 34.4 Å². The van der Waals surface area contributed by atoms with Crippen molar-refractivity contribution in [2.45, 2.75) is 52.0 Å².